The van der Waals surface area contributed by atoms with Crippen LogP contribution in [0.2, 0.25) is 0 Å². The quantitative estimate of drug-likeness (QED) is 0.477. The summed E-state index contributed by atoms with van der Waals surface area (Å²) in [7, 11) is 0. The highest BCUT2D eigenvalue weighted by Crippen LogP contribution is 1.80. The Bertz CT molecular complexity index is 135. The molecular weight excluding hydrogens is 92.1 g/mol. The van der Waals surface area contributed by atoms with Gasteiger partial charge in [0.2, 0.25) is 0 Å². The molecule has 0 aromatic heterocycles. The second-order valence-electron chi connectivity index (χ2n) is 1.24. The molecule has 0 saturated carbocycles. The normalized spacial score (nSPS) is 14.6. The summed E-state index contributed by atoms with van der Waals surface area (Å²) in [5.74, 6) is -1.48. The molecule has 40 valence electrons. The van der Waals surface area contributed by atoms with Crippen molar-refractivity contribution in [1.29, 1.82) is 0 Å². The minimum atomic E-state index is -2.28. The molecule has 0 aliphatic carbocycles. The SMILES string of the molecule is [2H]C([2H])(C(C)=O)C(C)=O. The average Bonchev–Trinajstić information content (AvgIpc) is 1.65. The molecule has 0 rings (SSSR count). The summed E-state index contributed by atoms with van der Waals surface area (Å²) >= 11 is 0. The first-order valence-corrected chi connectivity index (χ1v) is 1.91. The van der Waals surface area contributed by atoms with Crippen molar-refractivity contribution in [2.45, 2.75) is 20.2 Å². The smallest absolute Gasteiger partial charge is 0.137 e. The zero-order chi connectivity index (χ0) is 7.65. The molecule has 0 saturated heterocycles. The Morgan fingerprint density at radius 3 is 1.71 bits per heavy atom. The zero-order valence-electron chi connectivity index (χ0n) is 6.32. The molecule has 0 aromatic rings. The van der Waals surface area contributed by atoms with Crippen molar-refractivity contribution in [2.75, 3.05) is 0 Å². The molecule has 2 nitrogen and oxygen atoms in total. The van der Waals surface area contributed by atoms with Gasteiger partial charge < -0.3 is 0 Å². The van der Waals surface area contributed by atoms with E-state index in [1.54, 1.807) is 0 Å². The number of ketones is 2. The van der Waals surface area contributed by atoms with Gasteiger partial charge in [-0.15, -0.1) is 0 Å². The topological polar surface area (TPSA) is 34.1 Å². The van der Waals surface area contributed by atoms with E-state index < -0.39 is 17.9 Å². The highest BCUT2D eigenvalue weighted by Gasteiger charge is 1.94. The van der Waals surface area contributed by atoms with Crippen LogP contribution in [0.15, 0.2) is 0 Å². The third-order valence-corrected chi connectivity index (χ3v) is 0.352. The number of carbonyl (C=O) groups excluding carboxylic acids is 2. The van der Waals surface area contributed by atoms with Crippen LogP contribution in [0.25, 0.3) is 0 Å². The summed E-state index contributed by atoms with van der Waals surface area (Å²) in [5, 5.41) is 0. The van der Waals surface area contributed by atoms with Crippen molar-refractivity contribution < 1.29 is 12.3 Å². The molecule has 7 heavy (non-hydrogen) atoms. The van der Waals surface area contributed by atoms with Gasteiger partial charge in [-0.3, -0.25) is 9.59 Å². The summed E-state index contributed by atoms with van der Waals surface area (Å²) in [6.07, 6.45) is -2.28. The molecule has 0 heterocycles. The van der Waals surface area contributed by atoms with Gasteiger partial charge in [-0.2, -0.15) is 0 Å². The van der Waals surface area contributed by atoms with E-state index in [4.69, 9.17) is 2.74 Å². The second kappa shape index (κ2) is 2.50. The molecule has 0 bridgehead atoms. The van der Waals surface area contributed by atoms with Crippen molar-refractivity contribution >= 4 is 11.6 Å². The molecule has 0 atom stereocenters. The van der Waals surface area contributed by atoms with Crippen LogP contribution >= 0.6 is 0 Å². The van der Waals surface area contributed by atoms with Crippen LogP contribution in [0.1, 0.15) is 23.0 Å². The molecule has 2 heteroatoms. The predicted molar refractivity (Wildman–Crippen MR) is 26.0 cm³/mol. The lowest BCUT2D eigenvalue weighted by atomic mass is 10.2. The Morgan fingerprint density at radius 2 is 1.71 bits per heavy atom. The fourth-order valence-electron chi connectivity index (χ4n) is 0.248. The highest BCUT2D eigenvalue weighted by atomic mass is 16.1. The van der Waals surface area contributed by atoms with E-state index in [1.807, 2.05) is 0 Å². The van der Waals surface area contributed by atoms with Crippen molar-refractivity contribution in [3.05, 3.63) is 0 Å². The fourth-order valence-corrected chi connectivity index (χ4v) is 0.248. The van der Waals surface area contributed by atoms with Crippen LogP contribution in [0.4, 0.5) is 0 Å². The Kier molecular flexibility index (Phi) is 1.20. The maximum absolute atomic E-state index is 10.3. The predicted octanol–water partition coefficient (Wildman–Crippen LogP) is 0.554. The number of Topliss-reactive ketones (excluding diaryl/α,β-unsaturated/α-hetero) is 2. The number of rotatable bonds is 2. The molecule has 0 fully saturated rings. The van der Waals surface area contributed by atoms with E-state index >= 15 is 0 Å². The minimum absolute atomic E-state index is 0.741. The van der Waals surface area contributed by atoms with Crippen molar-refractivity contribution in [2.24, 2.45) is 0 Å². The summed E-state index contributed by atoms with van der Waals surface area (Å²) in [6, 6.07) is 0. The maximum Gasteiger partial charge on any atom is 0.137 e. The number of carbonyl (C=O) groups is 2. The van der Waals surface area contributed by atoms with E-state index in [-0.39, 0.29) is 0 Å². The van der Waals surface area contributed by atoms with E-state index in [1.165, 1.54) is 0 Å². The molecular formula is C5H8O2. The van der Waals surface area contributed by atoms with Crippen molar-refractivity contribution in [1.82, 2.24) is 0 Å². The molecule has 0 amide bonds. The van der Waals surface area contributed by atoms with Crippen LogP contribution < -0.4 is 0 Å². The first kappa shape index (κ1) is 3.36. The first-order chi connectivity index (χ1) is 3.89. The summed E-state index contributed by atoms with van der Waals surface area (Å²) < 4.78 is 13.6. The Balaban J connectivity index is 4.38. The third kappa shape index (κ3) is 5.34. The molecule has 0 aliphatic rings. The zero-order valence-corrected chi connectivity index (χ0v) is 4.32. The third-order valence-electron chi connectivity index (χ3n) is 0.352. The monoisotopic (exact) mass is 102 g/mol. The Hall–Kier alpha value is -0.660. The van der Waals surface area contributed by atoms with Crippen molar-refractivity contribution in [3.8, 4) is 0 Å². The second-order valence-corrected chi connectivity index (χ2v) is 1.24. The number of hydrogen-bond acceptors (Lipinski definition) is 2. The van der Waals surface area contributed by atoms with Gasteiger partial charge in [0.1, 0.15) is 11.6 Å². The van der Waals surface area contributed by atoms with Crippen LogP contribution in [-0.2, 0) is 9.59 Å². The highest BCUT2D eigenvalue weighted by molar-refractivity contribution is 5.96. The minimum Gasteiger partial charge on any atom is -0.300 e. The van der Waals surface area contributed by atoms with Gasteiger partial charge in [0.15, 0.2) is 0 Å². The van der Waals surface area contributed by atoms with Gasteiger partial charge in [-0.25, -0.2) is 0 Å². The average molecular weight is 102 g/mol. The number of hydrogen-bond donors (Lipinski definition) is 0. The summed E-state index contributed by atoms with van der Waals surface area (Å²) in [5.41, 5.74) is 0. The molecule has 0 radical (unpaired) electrons. The van der Waals surface area contributed by atoms with E-state index in [2.05, 4.69) is 0 Å². The van der Waals surface area contributed by atoms with Crippen LogP contribution in [0.3, 0.4) is 0 Å². The van der Waals surface area contributed by atoms with Crippen LogP contribution in [0.5, 0.6) is 0 Å². The first-order valence-electron chi connectivity index (χ1n) is 2.91. The summed E-state index contributed by atoms with van der Waals surface area (Å²) in [4.78, 5) is 20.6. The lowest BCUT2D eigenvalue weighted by molar-refractivity contribution is -0.124. The molecule has 0 unspecified atom stereocenters. The lowest BCUT2D eigenvalue weighted by Crippen LogP contribution is -1.97. The Morgan fingerprint density at radius 1 is 1.43 bits per heavy atom. The van der Waals surface area contributed by atoms with Gasteiger partial charge in [-0.05, 0) is 13.8 Å². The van der Waals surface area contributed by atoms with Crippen molar-refractivity contribution in [3.63, 3.8) is 0 Å². The van der Waals surface area contributed by atoms with E-state index in [9.17, 15) is 9.59 Å². The lowest BCUT2D eigenvalue weighted by Gasteiger charge is -1.81. The molecule has 0 aromatic carbocycles. The largest absolute Gasteiger partial charge is 0.300 e. The van der Waals surface area contributed by atoms with Crippen LogP contribution in [-0.4, -0.2) is 11.6 Å². The van der Waals surface area contributed by atoms with Crippen LogP contribution in [0, 0.1) is 0 Å². The fraction of sp³-hybridized carbons (Fsp3) is 0.600. The van der Waals surface area contributed by atoms with E-state index in [0.29, 0.717) is 0 Å². The van der Waals surface area contributed by atoms with Gasteiger partial charge >= 0.3 is 0 Å². The van der Waals surface area contributed by atoms with Gasteiger partial charge in [0.05, 0.1) is 6.37 Å². The summed E-state index contributed by atoms with van der Waals surface area (Å²) in [6.45, 7) is 2.11. The van der Waals surface area contributed by atoms with E-state index in [0.717, 1.165) is 13.8 Å². The Labute approximate surface area is 45.3 Å². The molecule has 0 aliphatic heterocycles. The molecule has 0 N–H and O–H groups in total. The van der Waals surface area contributed by atoms with Gasteiger partial charge in [0.25, 0.3) is 0 Å². The maximum atomic E-state index is 10.3. The standard InChI is InChI=1S/C5H8O2/c1-4(6)3-5(2)7/h3H2,1-2H3/i3D2. The van der Waals surface area contributed by atoms with Gasteiger partial charge in [-0.1, -0.05) is 0 Å². The van der Waals surface area contributed by atoms with Gasteiger partial charge in [0, 0.05) is 2.74 Å². The molecule has 0 spiro atoms.